The predicted molar refractivity (Wildman–Crippen MR) is 112 cm³/mol. The molecule has 2 heterocycles. The number of phenols is 1. The molecule has 0 radical (unpaired) electrons. The molecule has 2 aliphatic heterocycles. The van der Waals surface area contributed by atoms with Crippen LogP contribution in [0.3, 0.4) is 0 Å². The largest absolute Gasteiger partial charge is 0.508 e. The number of anilines is 1. The van der Waals surface area contributed by atoms with Crippen molar-refractivity contribution in [1.82, 2.24) is 4.90 Å². The number of ether oxygens (including phenoxy) is 2. The SMILES string of the molecule is O=C(Cc1ccc(O)cc1OCC(F)(F)F)N1CCC(N2C(=O)OCc3ccccc32)CC1. The van der Waals surface area contributed by atoms with Crippen LogP contribution < -0.4 is 9.64 Å². The van der Waals surface area contributed by atoms with E-state index in [1.807, 2.05) is 24.3 Å². The first kappa shape index (κ1) is 22.8. The lowest BCUT2D eigenvalue weighted by Crippen LogP contribution is -2.50. The number of alkyl halides is 3. The van der Waals surface area contributed by atoms with Gasteiger partial charge in [0.15, 0.2) is 6.61 Å². The maximum atomic E-state index is 12.8. The van der Waals surface area contributed by atoms with Crippen LogP contribution in [0.1, 0.15) is 24.0 Å². The van der Waals surface area contributed by atoms with Crippen LogP contribution in [-0.4, -0.2) is 53.9 Å². The molecule has 33 heavy (non-hydrogen) atoms. The number of rotatable bonds is 5. The zero-order valence-corrected chi connectivity index (χ0v) is 17.7. The van der Waals surface area contributed by atoms with Crippen molar-refractivity contribution >= 4 is 17.7 Å². The molecule has 1 fully saturated rings. The average molecular weight is 464 g/mol. The third-order valence-corrected chi connectivity index (χ3v) is 5.77. The molecule has 0 aromatic heterocycles. The van der Waals surface area contributed by atoms with Gasteiger partial charge in [0.25, 0.3) is 0 Å². The Morgan fingerprint density at radius 2 is 1.88 bits per heavy atom. The van der Waals surface area contributed by atoms with Crippen molar-refractivity contribution in [3.05, 3.63) is 53.6 Å². The Kier molecular flexibility index (Phi) is 6.35. The monoisotopic (exact) mass is 464 g/mol. The van der Waals surface area contributed by atoms with E-state index >= 15 is 0 Å². The van der Waals surface area contributed by atoms with E-state index in [0.29, 0.717) is 25.9 Å². The second-order valence-corrected chi connectivity index (χ2v) is 8.04. The third-order valence-electron chi connectivity index (χ3n) is 5.77. The lowest BCUT2D eigenvalue weighted by molar-refractivity contribution is -0.153. The van der Waals surface area contributed by atoms with Gasteiger partial charge in [0.1, 0.15) is 18.1 Å². The Hall–Kier alpha value is -3.43. The number of fused-ring (bicyclic) bond motifs is 1. The number of halogens is 3. The van der Waals surface area contributed by atoms with Gasteiger partial charge in [0.05, 0.1) is 12.1 Å². The third kappa shape index (κ3) is 5.32. The molecule has 4 rings (SSSR count). The molecule has 2 amide bonds. The Morgan fingerprint density at radius 3 is 2.61 bits per heavy atom. The zero-order valence-electron chi connectivity index (χ0n) is 17.7. The fourth-order valence-corrected chi connectivity index (χ4v) is 4.15. The first-order valence-corrected chi connectivity index (χ1v) is 10.5. The van der Waals surface area contributed by atoms with Crippen LogP contribution in [0.25, 0.3) is 0 Å². The summed E-state index contributed by atoms with van der Waals surface area (Å²) in [6.07, 6.45) is -4.02. The van der Waals surface area contributed by atoms with Gasteiger partial charge >= 0.3 is 12.3 Å². The van der Waals surface area contributed by atoms with Gasteiger partial charge in [-0.2, -0.15) is 13.2 Å². The van der Waals surface area contributed by atoms with Crippen LogP contribution in [0.2, 0.25) is 0 Å². The maximum absolute atomic E-state index is 12.8. The molecule has 1 saturated heterocycles. The van der Waals surface area contributed by atoms with Gasteiger partial charge in [-0.15, -0.1) is 0 Å². The van der Waals surface area contributed by atoms with E-state index in [-0.39, 0.29) is 42.0 Å². The lowest BCUT2D eigenvalue weighted by Gasteiger charge is -2.40. The van der Waals surface area contributed by atoms with E-state index in [9.17, 15) is 27.9 Å². The molecular weight excluding hydrogens is 441 g/mol. The number of benzene rings is 2. The summed E-state index contributed by atoms with van der Waals surface area (Å²) in [6.45, 7) is -0.497. The van der Waals surface area contributed by atoms with Gasteiger partial charge in [-0.05, 0) is 25.0 Å². The Morgan fingerprint density at radius 1 is 1.15 bits per heavy atom. The number of amides is 2. The summed E-state index contributed by atoms with van der Waals surface area (Å²) >= 11 is 0. The highest BCUT2D eigenvalue weighted by atomic mass is 19.4. The minimum Gasteiger partial charge on any atom is -0.508 e. The molecule has 7 nitrogen and oxygen atoms in total. The first-order valence-electron chi connectivity index (χ1n) is 10.5. The lowest BCUT2D eigenvalue weighted by atomic mass is 10.00. The molecule has 10 heteroatoms. The van der Waals surface area contributed by atoms with E-state index < -0.39 is 18.9 Å². The van der Waals surface area contributed by atoms with Crippen molar-refractivity contribution in [2.75, 3.05) is 24.6 Å². The van der Waals surface area contributed by atoms with Crippen LogP contribution in [0.4, 0.5) is 23.7 Å². The second kappa shape index (κ2) is 9.21. The highest BCUT2D eigenvalue weighted by molar-refractivity contribution is 5.91. The van der Waals surface area contributed by atoms with Crippen molar-refractivity contribution in [3.63, 3.8) is 0 Å². The van der Waals surface area contributed by atoms with Gasteiger partial charge in [0, 0.05) is 36.3 Å². The van der Waals surface area contributed by atoms with E-state index in [2.05, 4.69) is 0 Å². The van der Waals surface area contributed by atoms with Crippen molar-refractivity contribution in [1.29, 1.82) is 0 Å². The number of piperidine rings is 1. The van der Waals surface area contributed by atoms with Crippen molar-refractivity contribution < 1.29 is 37.3 Å². The first-order chi connectivity index (χ1) is 15.7. The Balaban J connectivity index is 1.39. The number of hydrogen-bond acceptors (Lipinski definition) is 5. The number of likely N-dealkylation sites (tertiary alicyclic amines) is 1. The van der Waals surface area contributed by atoms with Crippen LogP contribution in [0.5, 0.6) is 11.5 Å². The van der Waals surface area contributed by atoms with E-state index in [1.165, 1.54) is 12.1 Å². The highest BCUT2D eigenvalue weighted by Gasteiger charge is 2.35. The maximum Gasteiger partial charge on any atom is 0.422 e. The summed E-state index contributed by atoms with van der Waals surface area (Å²) in [4.78, 5) is 28.5. The number of hydrogen-bond donors (Lipinski definition) is 1. The molecule has 2 aromatic carbocycles. The Bertz CT molecular complexity index is 1030. The second-order valence-electron chi connectivity index (χ2n) is 8.04. The van der Waals surface area contributed by atoms with E-state index in [0.717, 1.165) is 17.3 Å². The summed E-state index contributed by atoms with van der Waals surface area (Å²) in [6, 6.07) is 11.2. The molecule has 0 atom stereocenters. The number of phenolic OH excluding ortho intramolecular Hbond substituents is 1. The molecule has 0 bridgehead atoms. The van der Waals surface area contributed by atoms with Crippen LogP contribution in [0.15, 0.2) is 42.5 Å². The van der Waals surface area contributed by atoms with E-state index in [4.69, 9.17) is 9.47 Å². The van der Waals surface area contributed by atoms with Crippen LogP contribution >= 0.6 is 0 Å². The molecule has 0 spiro atoms. The summed E-state index contributed by atoms with van der Waals surface area (Å²) in [5.41, 5.74) is 2.00. The molecule has 2 aromatic rings. The number of carbonyl (C=O) groups is 2. The van der Waals surface area contributed by atoms with E-state index in [1.54, 1.807) is 9.80 Å². The minimum atomic E-state index is -4.54. The molecule has 176 valence electrons. The Labute approximate surface area is 188 Å². The van der Waals surface area contributed by atoms with Crippen molar-refractivity contribution in [2.45, 2.75) is 38.1 Å². The van der Waals surface area contributed by atoms with Gasteiger partial charge in [-0.1, -0.05) is 24.3 Å². The number of cyclic esters (lactones) is 1. The molecule has 0 unspecified atom stereocenters. The van der Waals surface area contributed by atoms with Crippen molar-refractivity contribution in [2.24, 2.45) is 0 Å². The van der Waals surface area contributed by atoms with Gasteiger partial charge < -0.3 is 19.5 Å². The summed E-state index contributed by atoms with van der Waals surface area (Å²) in [5, 5.41) is 9.59. The normalized spacial score (nSPS) is 16.9. The molecule has 2 aliphatic rings. The fraction of sp³-hybridized carbons (Fsp3) is 0.391. The van der Waals surface area contributed by atoms with Gasteiger partial charge in [-0.25, -0.2) is 4.79 Å². The van der Waals surface area contributed by atoms with Gasteiger partial charge in [0.2, 0.25) is 5.91 Å². The average Bonchev–Trinajstić information content (AvgIpc) is 2.78. The van der Waals surface area contributed by atoms with Gasteiger partial charge in [-0.3, -0.25) is 9.69 Å². The number of para-hydroxylation sites is 1. The summed E-state index contributed by atoms with van der Waals surface area (Å²) < 4.78 is 47.7. The number of aromatic hydroxyl groups is 1. The van der Waals surface area contributed by atoms with Crippen LogP contribution in [0, 0.1) is 0 Å². The van der Waals surface area contributed by atoms with Crippen LogP contribution in [-0.2, 0) is 22.6 Å². The highest BCUT2D eigenvalue weighted by Crippen LogP contribution is 2.32. The molecule has 0 aliphatic carbocycles. The number of carbonyl (C=O) groups excluding carboxylic acids is 2. The molecular formula is C23H23F3N2O5. The number of nitrogens with zero attached hydrogens (tertiary/aromatic N) is 2. The summed E-state index contributed by atoms with van der Waals surface area (Å²) in [5.74, 6) is -0.696. The fourth-order valence-electron chi connectivity index (χ4n) is 4.15. The molecule has 0 saturated carbocycles. The zero-order chi connectivity index (χ0) is 23.6. The van der Waals surface area contributed by atoms with Crippen molar-refractivity contribution in [3.8, 4) is 11.5 Å². The topological polar surface area (TPSA) is 79.3 Å². The quantitative estimate of drug-likeness (QED) is 0.723. The predicted octanol–water partition coefficient (Wildman–Crippen LogP) is 4.02. The summed E-state index contributed by atoms with van der Waals surface area (Å²) in [7, 11) is 0. The molecule has 1 N–H and O–H groups in total. The smallest absolute Gasteiger partial charge is 0.422 e. The minimum absolute atomic E-state index is 0.123. The standard InChI is InChI=1S/C23H23F3N2O5/c24-23(25,26)14-33-20-12-18(29)6-5-15(20)11-21(30)27-9-7-17(8-10-27)28-19-4-2-1-3-16(19)13-32-22(28)31/h1-6,12,17,29H,7-11,13-14H2.